The molecule has 3 aromatic rings. The number of aliphatic imine (C=N–C) groups is 1. The summed E-state index contributed by atoms with van der Waals surface area (Å²) in [5, 5.41) is 6.08. The molecule has 210 valence electrons. The van der Waals surface area contributed by atoms with Crippen LogP contribution in [0.4, 0.5) is 10.3 Å². The van der Waals surface area contributed by atoms with Gasteiger partial charge in [0.25, 0.3) is 0 Å². The molecular weight excluding hydrogens is 515 g/mol. The van der Waals surface area contributed by atoms with Crippen molar-refractivity contribution in [1.82, 2.24) is 30.2 Å². The lowest BCUT2D eigenvalue weighted by atomic mass is 9.91. The highest BCUT2D eigenvalue weighted by Gasteiger charge is 2.40. The first kappa shape index (κ1) is 27.6. The van der Waals surface area contributed by atoms with Crippen molar-refractivity contribution in [2.24, 2.45) is 10.4 Å². The molecule has 5 rings (SSSR count). The second-order valence-corrected chi connectivity index (χ2v) is 10.00. The maximum atomic E-state index is 13.7. The predicted octanol–water partition coefficient (Wildman–Crippen LogP) is 3.17. The highest BCUT2D eigenvalue weighted by molar-refractivity contribution is 5.82. The number of nitrogens with zero attached hydrogens (tertiary/aromatic N) is 5. The van der Waals surface area contributed by atoms with E-state index >= 15 is 0 Å². The van der Waals surface area contributed by atoms with E-state index in [4.69, 9.17) is 19.4 Å². The van der Waals surface area contributed by atoms with Crippen LogP contribution in [0, 0.1) is 11.2 Å². The van der Waals surface area contributed by atoms with Crippen molar-refractivity contribution < 1.29 is 18.7 Å². The lowest BCUT2D eigenvalue weighted by Crippen LogP contribution is -2.48. The molecule has 12 heteroatoms. The normalized spacial score (nSPS) is 20.9. The van der Waals surface area contributed by atoms with Gasteiger partial charge in [0.2, 0.25) is 18.1 Å². The molecule has 4 heterocycles. The maximum absolute atomic E-state index is 13.7. The third-order valence-electron chi connectivity index (χ3n) is 6.72. The van der Waals surface area contributed by atoms with Crippen LogP contribution >= 0.6 is 0 Å². The van der Waals surface area contributed by atoms with Gasteiger partial charge < -0.3 is 25.1 Å². The molecule has 0 bridgehead atoms. The Morgan fingerprint density at radius 1 is 1.25 bits per heavy atom. The van der Waals surface area contributed by atoms with E-state index in [2.05, 4.69) is 37.1 Å². The molecule has 2 aromatic heterocycles. The Morgan fingerprint density at radius 2 is 2.05 bits per heavy atom. The average molecular weight is 549 g/mol. The van der Waals surface area contributed by atoms with Gasteiger partial charge in [-0.15, -0.1) is 6.58 Å². The van der Waals surface area contributed by atoms with E-state index in [-0.39, 0.29) is 24.9 Å². The quantitative estimate of drug-likeness (QED) is 0.246. The molecule has 0 atom stereocenters. The van der Waals surface area contributed by atoms with E-state index in [1.165, 1.54) is 12.1 Å². The molecule has 2 aliphatic rings. The molecule has 1 amide bonds. The fourth-order valence-electron chi connectivity index (χ4n) is 4.43. The van der Waals surface area contributed by atoms with Gasteiger partial charge in [0.15, 0.2) is 5.82 Å². The molecule has 0 unspecified atom stereocenters. The van der Waals surface area contributed by atoms with Crippen molar-refractivity contribution in [2.75, 3.05) is 51.4 Å². The van der Waals surface area contributed by atoms with Gasteiger partial charge in [0.05, 0.1) is 42.4 Å². The van der Waals surface area contributed by atoms with Gasteiger partial charge in [-0.05, 0) is 43.7 Å². The third kappa shape index (κ3) is 6.41. The number of rotatable bonds is 11. The first-order chi connectivity index (χ1) is 19.4. The Morgan fingerprint density at radius 3 is 2.77 bits per heavy atom. The molecule has 0 aliphatic carbocycles. The number of amides is 1. The summed E-state index contributed by atoms with van der Waals surface area (Å²) in [5.74, 6) is 0.391. The Bertz CT molecular complexity index is 1340. The van der Waals surface area contributed by atoms with Crippen LogP contribution in [0.3, 0.4) is 0 Å². The molecule has 1 fully saturated rings. The van der Waals surface area contributed by atoms with Crippen LogP contribution < -0.4 is 10.6 Å². The van der Waals surface area contributed by atoms with Crippen molar-refractivity contribution in [1.29, 1.82) is 0 Å². The Hall–Kier alpha value is -4.00. The Labute approximate surface area is 231 Å². The summed E-state index contributed by atoms with van der Waals surface area (Å²) in [6.07, 6.45) is 5.33. The van der Waals surface area contributed by atoms with Crippen LogP contribution in [-0.2, 0) is 14.3 Å². The van der Waals surface area contributed by atoms with E-state index in [0.29, 0.717) is 47.5 Å². The number of ether oxygens (including phenoxy) is 2. The molecule has 3 N–H and O–H groups in total. The summed E-state index contributed by atoms with van der Waals surface area (Å²) >= 11 is 0. The molecule has 0 saturated carbocycles. The fraction of sp³-hybridized carbons (Fsp3) is 0.393. The number of H-pyrrole nitrogens is 1. The Balaban J connectivity index is 1.34. The molecule has 40 heavy (non-hydrogen) atoms. The monoisotopic (exact) mass is 548 g/mol. The number of carbonyl (C=O) groups excluding carboxylic acids is 1. The van der Waals surface area contributed by atoms with E-state index < -0.39 is 11.7 Å². The van der Waals surface area contributed by atoms with Gasteiger partial charge in [-0.1, -0.05) is 6.08 Å². The third-order valence-corrected chi connectivity index (χ3v) is 6.72. The minimum atomic E-state index is -0.844. The lowest BCUT2D eigenvalue weighted by molar-refractivity contribution is -0.230. The topological polar surface area (TPSA) is 130 Å². The van der Waals surface area contributed by atoms with Gasteiger partial charge in [0.1, 0.15) is 5.82 Å². The van der Waals surface area contributed by atoms with Crippen molar-refractivity contribution in [3.05, 3.63) is 60.8 Å². The maximum Gasteiger partial charge on any atom is 0.230 e. The molecule has 0 radical (unpaired) electrons. The smallest absolute Gasteiger partial charge is 0.230 e. The first-order valence-electron chi connectivity index (χ1n) is 13.2. The van der Waals surface area contributed by atoms with Crippen LogP contribution in [0.25, 0.3) is 22.6 Å². The molecular formula is C28H33FN8O3. The number of halogens is 1. The van der Waals surface area contributed by atoms with Gasteiger partial charge in [-0.3, -0.25) is 14.7 Å². The van der Waals surface area contributed by atoms with Crippen molar-refractivity contribution in [3.8, 4) is 22.6 Å². The van der Waals surface area contributed by atoms with Crippen LogP contribution in [0.5, 0.6) is 0 Å². The molecule has 11 nitrogen and oxygen atoms in total. The number of benzene rings is 1. The number of imidazole rings is 1. The van der Waals surface area contributed by atoms with E-state index in [1.54, 1.807) is 37.4 Å². The second-order valence-electron chi connectivity index (χ2n) is 10.00. The lowest BCUT2D eigenvalue weighted by Gasteiger charge is -2.35. The largest absolute Gasteiger partial charge is 0.354 e. The SMILES string of the molecule is C=CCNC(=O)C1(C)COC(c2nc(-c3ccc(F)cc3)c(-c3ccnc(NCCCN4CC=NC4)n3)[nH]2)OC1. The van der Waals surface area contributed by atoms with Gasteiger partial charge in [-0.2, -0.15) is 0 Å². The standard InChI is InChI=1S/C28H33FN8O3/c1-3-10-31-26(38)28(2)16-39-25(40-17-28)24-35-22(19-5-7-20(29)8-6-19)23(36-24)21-9-12-33-27(34-21)32-11-4-14-37-15-13-30-18-37/h3,5-9,12-13,25H,1,4,10-11,14-18H2,2H3,(H,31,38)(H,35,36)(H,32,33,34). The minimum absolute atomic E-state index is 0.147. The summed E-state index contributed by atoms with van der Waals surface area (Å²) < 4.78 is 25.6. The average Bonchev–Trinajstić information content (AvgIpc) is 3.66. The van der Waals surface area contributed by atoms with Crippen molar-refractivity contribution >= 4 is 18.1 Å². The zero-order chi connectivity index (χ0) is 28.0. The van der Waals surface area contributed by atoms with Crippen molar-refractivity contribution in [3.63, 3.8) is 0 Å². The van der Waals surface area contributed by atoms with Crippen LogP contribution in [-0.4, -0.2) is 83.0 Å². The number of aromatic nitrogens is 4. The number of hydrogen-bond donors (Lipinski definition) is 3. The highest BCUT2D eigenvalue weighted by atomic mass is 19.1. The summed E-state index contributed by atoms with van der Waals surface area (Å²) in [5.41, 5.74) is 1.64. The number of anilines is 1. The summed E-state index contributed by atoms with van der Waals surface area (Å²) in [4.78, 5) is 36.2. The first-order valence-corrected chi connectivity index (χ1v) is 13.2. The summed E-state index contributed by atoms with van der Waals surface area (Å²) in [6, 6.07) is 7.86. The van der Waals surface area contributed by atoms with E-state index in [9.17, 15) is 9.18 Å². The number of nitrogens with one attached hydrogen (secondary N) is 3. The van der Waals surface area contributed by atoms with Gasteiger partial charge in [0, 0.05) is 44.2 Å². The number of aromatic amines is 1. The predicted molar refractivity (Wildman–Crippen MR) is 149 cm³/mol. The summed E-state index contributed by atoms with van der Waals surface area (Å²) in [7, 11) is 0. The van der Waals surface area contributed by atoms with Gasteiger partial charge in [-0.25, -0.2) is 19.3 Å². The highest BCUT2D eigenvalue weighted by Crippen LogP contribution is 2.35. The summed E-state index contributed by atoms with van der Waals surface area (Å²) in [6.45, 7) is 9.34. The van der Waals surface area contributed by atoms with E-state index in [0.717, 1.165) is 26.2 Å². The van der Waals surface area contributed by atoms with Crippen molar-refractivity contribution in [2.45, 2.75) is 19.6 Å². The van der Waals surface area contributed by atoms with Gasteiger partial charge >= 0.3 is 0 Å². The van der Waals surface area contributed by atoms with Crippen LogP contribution in [0.2, 0.25) is 0 Å². The molecule has 0 spiro atoms. The van der Waals surface area contributed by atoms with Crippen LogP contribution in [0.1, 0.15) is 25.5 Å². The van der Waals surface area contributed by atoms with E-state index in [1.807, 2.05) is 6.21 Å². The Kier molecular flexibility index (Phi) is 8.58. The number of hydrogen-bond acceptors (Lipinski definition) is 9. The molecule has 2 aliphatic heterocycles. The number of carbonyl (C=O) groups is 1. The zero-order valence-electron chi connectivity index (χ0n) is 22.4. The minimum Gasteiger partial charge on any atom is -0.354 e. The molecule has 1 saturated heterocycles. The molecule has 1 aromatic carbocycles. The zero-order valence-corrected chi connectivity index (χ0v) is 22.4. The van der Waals surface area contributed by atoms with Crippen LogP contribution in [0.15, 0.2) is 54.2 Å². The fourth-order valence-corrected chi connectivity index (χ4v) is 4.43. The second kappa shape index (κ2) is 12.5.